The second kappa shape index (κ2) is 24.1. The van der Waals surface area contributed by atoms with Crippen molar-refractivity contribution < 1.29 is 4.74 Å². The Kier molecular flexibility index (Phi) is 25.3. The third-order valence-corrected chi connectivity index (χ3v) is 7.13. The van der Waals surface area contributed by atoms with Gasteiger partial charge in [-0.1, -0.05) is 172 Å². The highest BCUT2D eigenvalue weighted by Gasteiger charge is 2.18. The maximum atomic E-state index is 5.79. The van der Waals surface area contributed by atoms with Crippen LogP contribution in [0.2, 0.25) is 0 Å². The standard InChI is InChI=1S/C26H48Cl6O/c27-25(28,29)21-17-13-9-5-1-3-7-11-15-19-23-33-24-20-16-12-8-4-2-6-10-14-18-22-26(30,31)32/h1-24H2. The van der Waals surface area contributed by atoms with Crippen LogP contribution in [-0.2, 0) is 4.74 Å². The fraction of sp³-hybridized carbons (Fsp3) is 1.00. The summed E-state index contributed by atoms with van der Waals surface area (Å²) in [4.78, 5) is 0. The highest BCUT2D eigenvalue weighted by atomic mass is 35.6. The van der Waals surface area contributed by atoms with Crippen LogP contribution in [-0.4, -0.2) is 20.8 Å². The van der Waals surface area contributed by atoms with Gasteiger partial charge in [-0.25, -0.2) is 0 Å². The number of hydrogen-bond acceptors (Lipinski definition) is 1. The van der Waals surface area contributed by atoms with Crippen molar-refractivity contribution in [1.29, 1.82) is 0 Å². The van der Waals surface area contributed by atoms with Crippen molar-refractivity contribution in [2.45, 2.75) is 149 Å². The molecule has 0 saturated carbocycles. The first-order valence-corrected chi connectivity index (χ1v) is 15.7. The van der Waals surface area contributed by atoms with E-state index in [1.165, 1.54) is 116 Å². The fourth-order valence-electron chi connectivity index (χ4n) is 3.99. The lowest BCUT2D eigenvalue weighted by Crippen LogP contribution is -2.00. The first-order valence-electron chi connectivity index (χ1n) is 13.4. The Morgan fingerprint density at radius 2 is 0.515 bits per heavy atom. The third-order valence-electron chi connectivity index (χ3n) is 6.00. The predicted molar refractivity (Wildman–Crippen MR) is 153 cm³/mol. The Morgan fingerprint density at radius 3 is 0.758 bits per heavy atom. The molecular formula is C26H48Cl6O. The van der Waals surface area contributed by atoms with Crippen molar-refractivity contribution in [2.75, 3.05) is 13.2 Å². The Balaban J connectivity index is 3.07. The molecule has 0 amide bonds. The Hall–Kier alpha value is 1.70. The van der Waals surface area contributed by atoms with E-state index in [4.69, 9.17) is 74.3 Å². The maximum Gasteiger partial charge on any atom is 0.190 e. The molecule has 0 spiro atoms. The van der Waals surface area contributed by atoms with Crippen molar-refractivity contribution in [2.24, 2.45) is 0 Å². The lowest BCUT2D eigenvalue weighted by atomic mass is 10.1. The molecule has 0 saturated heterocycles. The summed E-state index contributed by atoms with van der Waals surface area (Å²) in [6, 6.07) is 0. The number of ether oxygens (including phenoxy) is 1. The topological polar surface area (TPSA) is 9.23 Å². The monoisotopic (exact) mass is 586 g/mol. The molecule has 0 aliphatic heterocycles. The van der Waals surface area contributed by atoms with E-state index >= 15 is 0 Å². The minimum Gasteiger partial charge on any atom is -0.381 e. The van der Waals surface area contributed by atoms with Gasteiger partial charge in [-0.2, -0.15) is 0 Å². The molecule has 0 aromatic heterocycles. The van der Waals surface area contributed by atoms with E-state index < -0.39 is 7.59 Å². The Bertz CT molecular complexity index is 359. The largest absolute Gasteiger partial charge is 0.381 e. The van der Waals surface area contributed by atoms with Gasteiger partial charge in [0.05, 0.1) is 0 Å². The van der Waals surface area contributed by atoms with Crippen LogP contribution in [0.15, 0.2) is 0 Å². The van der Waals surface area contributed by atoms with Crippen LogP contribution in [0.4, 0.5) is 0 Å². The fourth-order valence-corrected chi connectivity index (χ4v) is 4.79. The van der Waals surface area contributed by atoms with Crippen LogP contribution in [0, 0.1) is 0 Å². The molecule has 0 aliphatic carbocycles. The molecule has 0 aromatic carbocycles. The highest BCUT2D eigenvalue weighted by molar-refractivity contribution is 6.67. The summed E-state index contributed by atoms with van der Waals surface area (Å²) < 4.78 is 3.65. The molecule has 200 valence electrons. The van der Waals surface area contributed by atoms with Crippen LogP contribution < -0.4 is 0 Å². The molecule has 0 radical (unpaired) electrons. The number of halogens is 6. The maximum absolute atomic E-state index is 5.79. The smallest absolute Gasteiger partial charge is 0.190 e. The molecule has 0 rings (SSSR count). The molecule has 0 unspecified atom stereocenters. The average Bonchev–Trinajstić information content (AvgIpc) is 2.72. The van der Waals surface area contributed by atoms with Gasteiger partial charge in [-0.15, -0.1) is 0 Å². The molecule has 0 fully saturated rings. The van der Waals surface area contributed by atoms with E-state index in [1.54, 1.807) is 0 Å². The van der Waals surface area contributed by atoms with Gasteiger partial charge in [0.25, 0.3) is 0 Å². The minimum absolute atomic E-state index is 0.670. The molecule has 7 heteroatoms. The average molecular weight is 589 g/mol. The van der Waals surface area contributed by atoms with Gasteiger partial charge in [0.1, 0.15) is 0 Å². The van der Waals surface area contributed by atoms with Crippen molar-refractivity contribution in [3.05, 3.63) is 0 Å². The summed E-state index contributed by atoms with van der Waals surface area (Å²) in [5.74, 6) is 0. The third kappa shape index (κ3) is 33.7. The van der Waals surface area contributed by atoms with Crippen molar-refractivity contribution in [3.8, 4) is 0 Å². The van der Waals surface area contributed by atoms with Crippen LogP contribution >= 0.6 is 69.6 Å². The summed E-state index contributed by atoms with van der Waals surface area (Å²) >= 11 is 34.5. The second-order valence-corrected chi connectivity index (χ2v) is 14.4. The normalized spacial score (nSPS) is 12.5. The molecule has 0 aliphatic rings. The summed E-state index contributed by atoms with van der Waals surface area (Å²) in [6.45, 7) is 1.86. The minimum atomic E-state index is -1.07. The zero-order valence-corrected chi connectivity index (χ0v) is 25.2. The quantitative estimate of drug-likeness (QED) is 0.0804. The lowest BCUT2D eigenvalue weighted by molar-refractivity contribution is 0.125. The molecule has 0 bridgehead atoms. The van der Waals surface area contributed by atoms with Gasteiger partial charge in [0, 0.05) is 13.2 Å². The first kappa shape index (κ1) is 34.7. The van der Waals surface area contributed by atoms with Gasteiger partial charge >= 0.3 is 0 Å². The van der Waals surface area contributed by atoms with E-state index in [2.05, 4.69) is 0 Å². The van der Waals surface area contributed by atoms with E-state index in [-0.39, 0.29) is 0 Å². The molecule has 0 N–H and O–H groups in total. The highest BCUT2D eigenvalue weighted by Crippen LogP contribution is 2.33. The van der Waals surface area contributed by atoms with Gasteiger partial charge < -0.3 is 4.74 Å². The molecule has 0 aromatic rings. The SMILES string of the molecule is ClC(Cl)(Cl)CCCCCCCCCCCCOCCCCCCCCCCCCC(Cl)(Cl)Cl. The van der Waals surface area contributed by atoms with E-state index in [0.29, 0.717) is 12.8 Å². The van der Waals surface area contributed by atoms with Crippen LogP contribution in [0.1, 0.15) is 141 Å². The lowest BCUT2D eigenvalue weighted by Gasteiger charge is -2.09. The van der Waals surface area contributed by atoms with E-state index in [0.717, 1.165) is 26.1 Å². The molecule has 0 heterocycles. The summed E-state index contributed by atoms with van der Waals surface area (Å²) in [5, 5.41) is 0. The van der Waals surface area contributed by atoms with E-state index in [9.17, 15) is 0 Å². The Morgan fingerprint density at radius 1 is 0.303 bits per heavy atom. The van der Waals surface area contributed by atoms with Crippen molar-refractivity contribution in [1.82, 2.24) is 0 Å². The summed E-state index contributed by atoms with van der Waals surface area (Å²) in [6.07, 6.45) is 26.6. The van der Waals surface area contributed by atoms with Crippen molar-refractivity contribution in [3.63, 3.8) is 0 Å². The Labute approximate surface area is 235 Å². The summed E-state index contributed by atoms with van der Waals surface area (Å²) in [7, 11) is 0. The van der Waals surface area contributed by atoms with Gasteiger partial charge in [-0.3, -0.25) is 0 Å². The number of unbranched alkanes of at least 4 members (excludes halogenated alkanes) is 18. The first-order chi connectivity index (χ1) is 15.7. The van der Waals surface area contributed by atoms with Gasteiger partial charge in [-0.05, 0) is 38.5 Å². The zero-order valence-electron chi connectivity index (χ0n) is 20.6. The zero-order chi connectivity index (χ0) is 24.7. The van der Waals surface area contributed by atoms with Gasteiger partial charge in [0.2, 0.25) is 0 Å². The van der Waals surface area contributed by atoms with E-state index in [1.807, 2.05) is 0 Å². The number of alkyl halides is 6. The van der Waals surface area contributed by atoms with Gasteiger partial charge in [0.15, 0.2) is 7.59 Å². The number of hydrogen-bond donors (Lipinski definition) is 0. The van der Waals surface area contributed by atoms with Crippen molar-refractivity contribution >= 4 is 69.6 Å². The molecule has 0 atom stereocenters. The van der Waals surface area contributed by atoms with Crippen LogP contribution in [0.5, 0.6) is 0 Å². The number of rotatable bonds is 24. The molecule has 33 heavy (non-hydrogen) atoms. The predicted octanol–water partition coefficient (Wildman–Crippen LogP) is 12.3. The second-order valence-electron chi connectivity index (χ2n) is 9.41. The summed E-state index contributed by atoms with van der Waals surface area (Å²) in [5.41, 5.74) is 0. The van der Waals surface area contributed by atoms with Crippen LogP contribution in [0.3, 0.4) is 0 Å². The molecular weight excluding hydrogens is 541 g/mol. The van der Waals surface area contributed by atoms with Crippen LogP contribution in [0.25, 0.3) is 0 Å². The molecule has 1 nitrogen and oxygen atoms in total.